The second kappa shape index (κ2) is 52.9. The maximum absolute atomic E-state index is 12.8. The van der Waals surface area contributed by atoms with Crippen LogP contribution in [0.15, 0.2) is 0 Å². The van der Waals surface area contributed by atoms with Gasteiger partial charge in [-0.3, -0.25) is 14.5 Å². The molecule has 1 saturated heterocycles. The molecule has 0 radical (unpaired) electrons. The lowest BCUT2D eigenvalue weighted by Gasteiger charge is -2.36. The Morgan fingerprint density at radius 2 is 0.817 bits per heavy atom. The number of carbonyl (C=O) groups excluding carboxylic acids is 2. The molecule has 0 saturated carbocycles. The summed E-state index contributed by atoms with van der Waals surface area (Å²) in [5.41, 5.74) is 0. The van der Waals surface area contributed by atoms with E-state index in [9.17, 15) is 14.7 Å². The lowest BCUT2D eigenvalue weighted by molar-refractivity contribution is -0.146. The molecule has 7 nitrogen and oxygen atoms in total. The van der Waals surface area contributed by atoms with E-state index in [-0.39, 0.29) is 18.2 Å². The highest BCUT2D eigenvalue weighted by Crippen LogP contribution is 2.28. The molecular weight excluding hydrogens is 917 g/mol. The molecule has 422 valence electrons. The molecule has 71 heavy (non-hydrogen) atoms. The first-order chi connectivity index (χ1) is 34.9. The fraction of sp³-hybridized carbons (Fsp3) is 0.968. The first-order valence-corrected chi connectivity index (χ1v) is 34.1. The molecule has 1 N–H and O–H groups in total. The molecule has 0 amide bonds. The number of carbonyl (C=O) groups is 2. The summed E-state index contributed by atoms with van der Waals surface area (Å²) in [6.45, 7) is 17.2. The van der Waals surface area contributed by atoms with E-state index in [0.29, 0.717) is 43.9 Å². The van der Waals surface area contributed by atoms with Crippen LogP contribution >= 0.6 is 21.6 Å². The predicted octanol–water partition coefficient (Wildman–Crippen LogP) is 18.9. The van der Waals surface area contributed by atoms with Crippen LogP contribution in [0.2, 0.25) is 0 Å². The van der Waals surface area contributed by atoms with Gasteiger partial charge < -0.3 is 19.5 Å². The van der Waals surface area contributed by atoms with E-state index < -0.39 is 0 Å². The van der Waals surface area contributed by atoms with Crippen molar-refractivity contribution in [3.8, 4) is 0 Å². The van der Waals surface area contributed by atoms with E-state index in [1.807, 2.05) is 21.6 Å². The second-order valence-electron chi connectivity index (χ2n) is 22.2. The highest BCUT2D eigenvalue weighted by Gasteiger charge is 2.25. The molecule has 1 rings (SSSR count). The third-order valence-electron chi connectivity index (χ3n) is 15.5. The molecule has 0 aliphatic carbocycles. The summed E-state index contributed by atoms with van der Waals surface area (Å²) < 4.78 is 11.7. The molecule has 1 heterocycles. The minimum absolute atomic E-state index is 0.0111. The third kappa shape index (κ3) is 43.3. The van der Waals surface area contributed by atoms with Crippen molar-refractivity contribution in [3.05, 3.63) is 0 Å². The van der Waals surface area contributed by atoms with Gasteiger partial charge in [-0.25, -0.2) is 0 Å². The molecule has 0 aromatic rings. The smallest absolute Gasteiger partial charge is 0.305 e. The van der Waals surface area contributed by atoms with Crippen LogP contribution in [0.1, 0.15) is 311 Å². The minimum atomic E-state index is -0.378. The molecular formula is C62H122N2O5S2. The number of esters is 2. The van der Waals surface area contributed by atoms with Crippen molar-refractivity contribution in [3.63, 3.8) is 0 Å². The second-order valence-corrected chi connectivity index (χ2v) is 24.9. The zero-order valence-electron chi connectivity index (χ0n) is 48.2. The SMILES string of the molecule is CCCCCCC(CCCCCC)COC(=O)CCCCCCCCC(CCCCCCCCC(=O)OCC(CCCCCC)CCCCCC)N(CCCN1CCCC1)C(O)CCSSCCCCC. The number of unbranched alkanes of at least 4 members (excludes halogenated alkanes) is 24. The van der Waals surface area contributed by atoms with Gasteiger partial charge in [-0.1, -0.05) is 236 Å². The van der Waals surface area contributed by atoms with Gasteiger partial charge in [0.15, 0.2) is 0 Å². The Balaban J connectivity index is 2.66. The van der Waals surface area contributed by atoms with Crippen molar-refractivity contribution < 1.29 is 24.2 Å². The van der Waals surface area contributed by atoms with Gasteiger partial charge in [-0.05, 0) is 115 Å². The van der Waals surface area contributed by atoms with Crippen LogP contribution in [-0.4, -0.2) is 90.0 Å². The van der Waals surface area contributed by atoms with Gasteiger partial charge in [0, 0.05) is 36.9 Å². The summed E-state index contributed by atoms with van der Waals surface area (Å²) in [6, 6.07) is 0.416. The van der Waals surface area contributed by atoms with E-state index in [0.717, 1.165) is 70.2 Å². The van der Waals surface area contributed by atoms with Crippen molar-refractivity contribution in [2.45, 2.75) is 323 Å². The number of aliphatic hydroxyl groups excluding tert-OH is 1. The zero-order valence-corrected chi connectivity index (χ0v) is 49.8. The first kappa shape index (κ1) is 68.5. The van der Waals surface area contributed by atoms with Crippen LogP contribution in [0, 0.1) is 11.8 Å². The Hall–Kier alpha value is -0.480. The van der Waals surface area contributed by atoms with Crippen molar-refractivity contribution in [1.29, 1.82) is 0 Å². The van der Waals surface area contributed by atoms with Gasteiger partial charge in [0.1, 0.15) is 6.23 Å². The van der Waals surface area contributed by atoms with Crippen LogP contribution in [0.4, 0.5) is 0 Å². The van der Waals surface area contributed by atoms with Crippen molar-refractivity contribution in [1.82, 2.24) is 9.80 Å². The van der Waals surface area contributed by atoms with E-state index in [1.54, 1.807) is 0 Å². The summed E-state index contributed by atoms with van der Waals surface area (Å²) in [4.78, 5) is 30.7. The van der Waals surface area contributed by atoms with Gasteiger partial charge in [0.2, 0.25) is 0 Å². The van der Waals surface area contributed by atoms with Crippen LogP contribution in [0.3, 0.4) is 0 Å². The van der Waals surface area contributed by atoms with Gasteiger partial charge in [0.05, 0.1) is 13.2 Å². The van der Waals surface area contributed by atoms with Crippen molar-refractivity contribution >= 4 is 33.5 Å². The van der Waals surface area contributed by atoms with Gasteiger partial charge in [0.25, 0.3) is 0 Å². The highest BCUT2D eigenvalue weighted by molar-refractivity contribution is 8.76. The summed E-state index contributed by atoms with van der Waals surface area (Å²) >= 11 is 0. The average molecular weight is 1040 g/mol. The summed E-state index contributed by atoms with van der Waals surface area (Å²) in [5, 5.41) is 11.9. The van der Waals surface area contributed by atoms with E-state index in [4.69, 9.17) is 9.47 Å². The predicted molar refractivity (Wildman–Crippen MR) is 314 cm³/mol. The molecule has 0 aromatic carbocycles. The molecule has 1 unspecified atom stereocenters. The molecule has 1 atom stereocenters. The van der Waals surface area contributed by atoms with Crippen LogP contribution < -0.4 is 0 Å². The molecule has 0 aromatic heterocycles. The number of hydrogen-bond donors (Lipinski definition) is 1. The molecule has 1 aliphatic heterocycles. The Morgan fingerprint density at radius 1 is 0.451 bits per heavy atom. The lowest BCUT2D eigenvalue weighted by Crippen LogP contribution is -2.45. The first-order valence-electron chi connectivity index (χ1n) is 31.6. The van der Waals surface area contributed by atoms with Crippen molar-refractivity contribution in [2.75, 3.05) is 50.9 Å². The number of ether oxygens (including phenoxy) is 2. The summed E-state index contributed by atoms with van der Waals surface area (Å²) in [7, 11) is 3.95. The zero-order chi connectivity index (χ0) is 51.5. The number of aliphatic hydroxyl groups is 1. The normalized spacial score (nSPS) is 13.7. The molecule has 9 heteroatoms. The number of rotatable bonds is 56. The maximum atomic E-state index is 12.8. The fourth-order valence-electron chi connectivity index (χ4n) is 10.7. The Labute approximate surface area is 451 Å². The van der Waals surface area contributed by atoms with Gasteiger partial charge >= 0.3 is 11.9 Å². The molecule has 0 spiro atoms. The number of hydrogen-bond acceptors (Lipinski definition) is 9. The number of nitrogens with zero attached hydrogens (tertiary/aromatic N) is 2. The maximum Gasteiger partial charge on any atom is 0.305 e. The Bertz CT molecular complexity index is 1040. The molecule has 0 bridgehead atoms. The quantitative estimate of drug-likeness (QED) is 0.0277. The monoisotopic (exact) mass is 1040 g/mol. The van der Waals surface area contributed by atoms with E-state index in [2.05, 4.69) is 44.4 Å². The van der Waals surface area contributed by atoms with Crippen LogP contribution in [0.5, 0.6) is 0 Å². The Morgan fingerprint density at radius 3 is 1.25 bits per heavy atom. The van der Waals surface area contributed by atoms with Crippen LogP contribution in [-0.2, 0) is 19.1 Å². The standard InChI is InChI=1S/C62H122N2O5S2/c1-6-11-16-28-40-57(41-29-17-12-7-2)55-68-61(66)46-34-26-22-20-24-32-44-59(64(52-39-51-63-49-36-37-50-63)60(65)48-54-71-70-53-38-15-10-5)45-33-25-21-23-27-35-47-62(67)69-56-58(42-30-18-13-8-3)43-31-19-14-9-4/h57-60,65H,6-56H2,1-5H3. The van der Waals surface area contributed by atoms with Crippen LogP contribution in [0.25, 0.3) is 0 Å². The lowest BCUT2D eigenvalue weighted by atomic mass is 9.95. The summed E-state index contributed by atoms with van der Waals surface area (Å²) in [5.74, 6) is 3.30. The van der Waals surface area contributed by atoms with E-state index in [1.165, 1.54) is 231 Å². The average Bonchev–Trinajstić information content (AvgIpc) is 3.90. The fourth-order valence-corrected chi connectivity index (χ4v) is 12.9. The Kier molecular flexibility index (Phi) is 51.1. The highest BCUT2D eigenvalue weighted by atomic mass is 33.1. The topological polar surface area (TPSA) is 79.3 Å². The summed E-state index contributed by atoms with van der Waals surface area (Å²) in [6.07, 6.45) is 50.7. The molecule has 1 fully saturated rings. The largest absolute Gasteiger partial charge is 0.465 e. The van der Waals surface area contributed by atoms with Crippen molar-refractivity contribution in [2.24, 2.45) is 11.8 Å². The minimum Gasteiger partial charge on any atom is -0.465 e. The molecule has 1 aliphatic rings. The van der Waals surface area contributed by atoms with E-state index >= 15 is 0 Å². The van der Waals surface area contributed by atoms with Gasteiger partial charge in [-0.2, -0.15) is 0 Å². The number of likely N-dealkylation sites (tertiary alicyclic amines) is 1. The van der Waals surface area contributed by atoms with Gasteiger partial charge in [-0.15, -0.1) is 0 Å². The third-order valence-corrected chi connectivity index (χ3v) is 18.0.